The topological polar surface area (TPSA) is 90.5 Å². The van der Waals surface area contributed by atoms with E-state index in [-0.39, 0.29) is 12.0 Å². The fourth-order valence-corrected chi connectivity index (χ4v) is 5.26. The number of carbonyl (C=O) groups is 1. The molecule has 3 N–H and O–H groups in total. The minimum Gasteiger partial charge on any atom is -0.426 e. The van der Waals surface area contributed by atoms with Gasteiger partial charge in [-0.2, -0.15) is 4.98 Å². The molecule has 36 heavy (non-hydrogen) atoms. The van der Waals surface area contributed by atoms with Crippen molar-refractivity contribution in [3.63, 3.8) is 0 Å². The first kappa shape index (κ1) is 24.6. The fourth-order valence-electron chi connectivity index (χ4n) is 4.99. The number of fused-ring (bicyclic) bond motifs is 1. The molecule has 7 nitrogen and oxygen atoms in total. The fraction of sp³-hybridized carbons (Fsp3) is 0.357. The van der Waals surface area contributed by atoms with Gasteiger partial charge in [-0.25, -0.2) is 0 Å². The summed E-state index contributed by atoms with van der Waals surface area (Å²) in [6.45, 7) is 7.09. The smallest absolute Gasteiger partial charge is 0.300 e. The number of aromatic nitrogens is 2. The van der Waals surface area contributed by atoms with Crippen LogP contribution in [0.3, 0.4) is 0 Å². The van der Waals surface area contributed by atoms with E-state index in [4.69, 9.17) is 16.3 Å². The van der Waals surface area contributed by atoms with E-state index in [1.165, 1.54) is 6.92 Å². The highest BCUT2D eigenvalue weighted by molar-refractivity contribution is 6.33. The minimum absolute atomic E-state index is 0.0774. The van der Waals surface area contributed by atoms with Crippen molar-refractivity contribution in [1.82, 2.24) is 20.2 Å². The average molecular weight is 507 g/mol. The van der Waals surface area contributed by atoms with Crippen LogP contribution < -0.4 is 10.1 Å². The van der Waals surface area contributed by atoms with Gasteiger partial charge in [0, 0.05) is 31.6 Å². The lowest BCUT2D eigenvalue weighted by atomic mass is 9.94. The Bertz CT molecular complexity index is 1340. The van der Waals surface area contributed by atoms with Crippen molar-refractivity contribution >= 4 is 34.1 Å². The van der Waals surface area contributed by atoms with Crippen LogP contribution in [0.15, 0.2) is 54.6 Å². The second-order valence-corrected chi connectivity index (χ2v) is 10.5. The number of aliphatic hydroxyl groups is 1. The molecule has 188 valence electrons. The van der Waals surface area contributed by atoms with Gasteiger partial charge in [-0.1, -0.05) is 42.0 Å². The molecule has 1 amide bonds. The predicted octanol–water partition coefficient (Wildman–Crippen LogP) is 5.16. The summed E-state index contributed by atoms with van der Waals surface area (Å²) in [7, 11) is 0. The Kier molecular flexibility index (Phi) is 6.64. The normalized spacial score (nSPS) is 20.5. The lowest BCUT2D eigenvalue weighted by Crippen LogP contribution is -2.39. The van der Waals surface area contributed by atoms with Gasteiger partial charge in [-0.05, 0) is 62.1 Å². The van der Waals surface area contributed by atoms with Crippen molar-refractivity contribution in [1.29, 1.82) is 0 Å². The number of rotatable bonds is 6. The average Bonchev–Trinajstić information content (AvgIpc) is 3.43. The van der Waals surface area contributed by atoms with Gasteiger partial charge in [0.25, 0.3) is 6.01 Å². The summed E-state index contributed by atoms with van der Waals surface area (Å²) in [6.07, 6.45) is 8.02. The van der Waals surface area contributed by atoms with Crippen LogP contribution in [0.2, 0.25) is 5.02 Å². The number of H-pyrrole nitrogens is 1. The molecule has 2 aliphatic rings. The van der Waals surface area contributed by atoms with Crippen molar-refractivity contribution in [2.24, 2.45) is 0 Å². The monoisotopic (exact) mass is 506 g/mol. The zero-order valence-corrected chi connectivity index (χ0v) is 21.5. The van der Waals surface area contributed by atoms with Crippen LogP contribution in [0.5, 0.6) is 11.8 Å². The van der Waals surface area contributed by atoms with Crippen LogP contribution in [0.1, 0.15) is 44.7 Å². The first-order valence-corrected chi connectivity index (χ1v) is 12.6. The van der Waals surface area contributed by atoms with Crippen LogP contribution in [0.4, 0.5) is 0 Å². The molecule has 0 saturated carbocycles. The first-order chi connectivity index (χ1) is 17.2. The maximum atomic E-state index is 11.5. The Labute approximate surface area is 215 Å². The third kappa shape index (κ3) is 5.19. The van der Waals surface area contributed by atoms with Gasteiger partial charge in [-0.15, -0.1) is 0 Å². The maximum Gasteiger partial charge on any atom is 0.300 e. The Morgan fingerprint density at radius 1 is 1.28 bits per heavy atom. The van der Waals surface area contributed by atoms with Crippen molar-refractivity contribution in [3.8, 4) is 11.8 Å². The van der Waals surface area contributed by atoms with Gasteiger partial charge >= 0.3 is 0 Å². The van der Waals surface area contributed by atoms with Crippen molar-refractivity contribution in [2.75, 3.05) is 13.1 Å². The van der Waals surface area contributed by atoms with Crippen LogP contribution in [0.25, 0.3) is 16.6 Å². The van der Waals surface area contributed by atoms with E-state index in [1.54, 1.807) is 0 Å². The number of imidazole rings is 1. The number of nitrogens with one attached hydrogen (secondary N) is 2. The molecule has 1 aliphatic heterocycles. The third-order valence-electron chi connectivity index (χ3n) is 6.88. The molecule has 8 heteroatoms. The van der Waals surface area contributed by atoms with Crippen LogP contribution in [-0.4, -0.2) is 51.1 Å². The second-order valence-electron chi connectivity index (χ2n) is 10.1. The third-order valence-corrected chi connectivity index (χ3v) is 7.19. The predicted molar refractivity (Wildman–Crippen MR) is 142 cm³/mol. The molecular weight excluding hydrogens is 476 g/mol. The quantitative estimate of drug-likeness (QED) is 0.429. The van der Waals surface area contributed by atoms with Gasteiger partial charge in [0.2, 0.25) is 5.91 Å². The highest BCUT2D eigenvalue weighted by Crippen LogP contribution is 2.34. The second kappa shape index (κ2) is 9.73. The van der Waals surface area contributed by atoms with Crippen molar-refractivity contribution < 1.29 is 14.6 Å². The number of halogens is 1. The summed E-state index contributed by atoms with van der Waals surface area (Å²) < 4.78 is 5.97. The SMILES string of the molecule is CC(=O)NC(C)(C)c1ccc(Oc2nc3cc(C4=CCC(N5CCC(O)C5)C=C4)c(Cl)cc3[nH]2)cc1. The van der Waals surface area contributed by atoms with Crippen LogP contribution in [0, 0.1) is 0 Å². The molecule has 3 aromatic rings. The van der Waals surface area contributed by atoms with Gasteiger partial charge in [0.15, 0.2) is 0 Å². The molecule has 1 aliphatic carbocycles. The molecule has 0 bridgehead atoms. The molecular formula is C28H31ClN4O3. The Morgan fingerprint density at radius 3 is 2.69 bits per heavy atom. The molecule has 1 aromatic heterocycles. The number of ether oxygens (including phenoxy) is 1. The van der Waals surface area contributed by atoms with E-state index in [2.05, 4.69) is 38.4 Å². The number of benzene rings is 2. The molecule has 2 aromatic carbocycles. The highest BCUT2D eigenvalue weighted by Gasteiger charge is 2.26. The number of hydrogen-bond acceptors (Lipinski definition) is 5. The molecule has 2 atom stereocenters. The molecule has 0 radical (unpaired) electrons. The minimum atomic E-state index is -0.477. The lowest BCUT2D eigenvalue weighted by Gasteiger charge is -2.26. The van der Waals surface area contributed by atoms with E-state index in [0.717, 1.165) is 53.7 Å². The van der Waals surface area contributed by atoms with Gasteiger partial charge in [-0.3, -0.25) is 9.69 Å². The number of allylic oxidation sites excluding steroid dienone is 2. The number of amides is 1. The number of β-amino-alcohol motifs (C(OH)–C–C–N with tert-alkyl or cyclic N) is 1. The number of hydrogen-bond donors (Lipinski definition) is 3. The van der Waals surface area contributed by atoms with Crippen LogP contribution >= 0.6 is 11.6 Å². The zero-order valence-electron chi connectivity index (χ0n) is 20.7. The van der Waals surface area contributed by atoms with Crippen LogP contribution in [-0.2, 0) is 10.3 Å². The highest BCUT2D eigenvalue weighted by atomic mass is 35.5. The number of nitrogens with zero attached hydrogens (tertiary/aromatic N) is 2. The van der Waals surface area contributed by atoms with E-state index < -0.39 is 5.54 Å². The first-order valence-electron chi connectivity index (χ1n) is 12.3. The Hall–Kier alpha value is -3.13. The molecule has 2 heterocycles. The van der Waals surface area contributed by atoms with E-state index in [9.17, 15) is 9.90 Å². The molecule has 0 spiro atoms. The lowest BCUT2D eigenvalue weighted by molar-refractivity contribution is -0.120. The summed E-state index contributed by atoms with van der Waals surface area (Å²) >= 11 is 6.65. The Balaban J connectivity index is 1.30. The van der Waals surface area contributed by atoms with Crippen molar-refractivity contribution in [2.45, 2.75) is 51.3 Å². The van der Waals surface area contributed by atoms with Crippen molar-refractivity contribution in [3.05, 3.63) is 70.8 Å². The van der Waals surface area contributed by atoms with E-state index in [0.29, 0.717) is 22.8 Å². The standard InChI is InChI=1S/C28H31ClN4O3/c1-17(34)32-28(2,3)19-6-10-22(11-7-19)36-27-30-25-14-23(24(29)15-26(25)31-27)18-4-8-20(9-5-18)33-13-12-21(35)16-33/h4-8,10-11,14-15,20-21,35H,9,12-13,16H2,1-3H3,(H,30,31)(H,32,34). The molecule has 1 saturated heterocycles. The molecule has 1 fully saturated rings. The maximum absolute atomic E-state index is 11.5. The zero-order chi connectivity index (χ0) is 25.4. The summed E-state index contributed by atoms with van der Waals surface area (Å²) in [4.78, 5) is 21.6. The number of aliphatic hydroxyl groups excluding tert-OH is 1. The largest absolute Gasteiger partial charge is 0.426 e. The van der Waals surface area contributed by atoms with Gasteiger partial charge in [0.05, 0.1) is 27.7 Å². The number of carbonyl (C=O) groups excluding carboxylic acids is 1. The summed E-state index contributed by atoms with van der Waals surface area (Å²) in [5.41, 5.74) is 4.07. The Morgan fingerprint density at radius 2 is 2.06 bits per heavy atom. The summed E-state index contributed by atoms with van der Waals surface area (Å²) in [6, 6.07) is 12.1. The molecule has 5 rings (SSSR count). The van der Waals surface area contributed by atoms with E-state index in [1.807, 2.05) is 50.2 Å². The van der Waals surface area contributed by atoms with E-state index >= 15 is 0 Å². The summed E-state index contributed by atoms with van der Waals surface area (Å²) in [5.74, 6) is 0.560. The molecule has 2 unspecified atom stereocenters. The van der Waals surface area contributed by atoms with Gasteiger partial charge < -0.3 is 20.1 Å². The summed E-state index contributed by atoms with van der Waals surface area (Å²) in [5, 5.41) is 13.4. The number of aromatic amines is 1. The number of likely N-dealkylation sites (tertiary alicyclic amines) is 1. The van der Waals surface area contributed by atoms with Gasteiger partial charge in [0.1, 0.15) is 5.75 Å².